The topological polar surface area (TPSA) is 40.5 Å². The number of thioether (sulfide) groups is 1. The predicted molar refractivity (Wildman–Crippen MR) is 81.3 cm³/mol. The van der Waals surface area contributed by atoms with E-state index in [1.165, 1.54) is 0 Å². The number of halogens is 1. The molecule has 1 saturated heterocycles. The highest BCUT2D eigenvalue weighted by atomic mass is 79.9. The second kappa shape index (κ2) is 7.31. The number of carbonyl (C=O) groups excluding carboxylic acids is 1. The van der Waals surface area contributed by atoms with Gasteiger partial charge in [0.05, 0.1) is 5.75 Å². The van der Waals surface area contributed by atoms with E-state index < -0.39 is 0 Å². The van der Waals surface area contributed by atoms with E-state index in [2.05, 4.69) is 15.9 Å². The maximum absolute atomic E-state index is 12.1. The average molecular weight is 344 g/mol. The van der Waals surface area contributed by atoms with E-state index >= 15 is 0 Å². The number of rotatable bonds is 4. The lowest BCUT2D eigenvalue weighted by molar-refractivity contribution is -0.129. The van der Waals surface area contributed by atoms with Crippen LogP contribution in [0.15, 0.2) is 33.6 Å². The maximum Gasteiger partial charge on any atom is 0.232 e. The summed E-state index contributed by atoms with van der Waals surface area (Å²) in [5.41, 5.74) is 0. The number of benzene rings is 1. The Morgan fingerprint density at radius 1 is 1.32 bits per heavy atom. The highest BCUT2D eigenvalue weighted by Crippen LogP contribution is 2.22. The van der Waals surface area contributed by atoms with Gasteiger partial charge in [0.1, 0.15) is 0 Å². The van der Waals surface area contributed by atoms with Crippen LogP contribution in [0.4, 0.5) is 0 Å². The van der Waals surface area contributed by atoms with Gasteiger partial charge >= 0.3 is 0 Å². The monoisotopic (exact) mass is 343 g/mol. The summed E-state index contributed by atoms with van der Waals surface area (Å²) in [6.45, 7) is 1.81. The normalized spacial score (nSPS) is 16.6. The first kappa shape index (κ1) is 14.9. The quantitative estimate of drug-likeness (QED) is 0.854. The Morgan fingerprint density at radius 2 is 1.95 bits per heavy atom. The van der Waals surface area contributed by atoms with E-state index in [9.17, 15) is 4.79 Å². The molecule has 1 fully saturated rings. The maximum atomic E-state index is 12.1. The Labute approximate surface area is 126 Å². The van der Waals surface area contributed by atoms with Crippen molar-refractivity contribution in [2.75, 3.05) is 25.4 Å². The molecule has 0 saturated carbocycles. The van der Waals surface area contributed by atoms with E-state index in [-0.39, 0.29) is 12.5 Å². The minimum Gasteiger partial charge on any atom is -0.396 e. The Balaban J connectivity index is 1.77. The zero-order chi connectivity index (χ0) is 13.7. The van der Waals surface area contributed by atoms with Crippen molar-refractivity contribution in [3.63, 3.8) is 0 Å². The van der Waals surface area contributed by atoms with Crippen LogP contribution in [-0.4, -0.2) is 41.4 Å². The van der Waals surface area contributed by atoms with Crippen molar-refractivity contribution < 1.29 is 9.90 Å². The van der Waals surface area contributed by atoms with Crippen LogP contribution >= 0.6 is 27.7 Å². The number of aliphatic hydroxyl groups excluding tert-OH is 1. The van der Waals surface area contributed by atoms with Crippen LogP contribution in [0.3, 0.4) is 0 Å². The first-order valence-corrected chi connectivity index (χ1v) is 8.24. The van der Waals surface area contributed by atoms with E-state index in [1.807, 2.05) is 29.2 Å². The molecule has 1 aliphatic rings. The van der Waals surface area contributed by atoms with E-state index in [0.717, 1.165) is 35.3 Å². The highest BCUT2D eigenvalue weighted by Gasteiger charge is 2.21. The lowest BCUT2D eigenvalue weighted by Gasteiger charge is -2.31. The number of aliphatic hydroxyl groups is 1. The number of hydrogen-bond acceptors (Lipinski definition) is 3. The van der Waals surface area contributed by atoms with Gasteiger partial charge in [0.2, 0.25) is 5.91 Å². The number of piperidine rings is 1. The van der Waals surface area contributed by atoms with Crippen LogP contribution in [0.2, 0.25) is 0 Å². The molecule has 3 nitrogen and oxygen atoms in total. The minimum absolute atomic E-state index is 0.198. The summed E-state index contributed by atoms with van der Waals surface area (Å²) in [5.74, 6) is 1.07. The van der Waals surface area contributed by atoms with Gasteiger partial charge in [-0.1, -0.05) is 15.9 Å². The van der Waals surface area contributed by atoms with Gasteiger partial charge in [0, 0.05) is 29.1 Å². The standard InChI is InChI=1S/C14H18BrNO2S/c15-12-1-3-13(4-2-12)19-10-14(18)16-7-5-11(9-17)6-8-16/h1-4,11,17H,5-10H2. The fraction of sp³-hybridized carbons (Fsp3) is 0.500. The summed E-state index contributed by atoms with van der Waals surface area (Å²) in [7, 11) is 0. The Hall–Kier alpha value is -0.520. The molecule has 0 aromatic heterocycles. The minimum atomic E-state index is 0.198. The smallest absolute Gasteiger partial charge is 0.232 e. The highest BCUT2D eigenvalue weighted by molar-refractivity contribution is 9.10. The molecule has 1 amide bonds. The molecule has 1 N–H and O–H groups in total. The molecule has 2 rings (SSSR count). The molecular formula is C14H18BrNO2S. The fourth-order valence-electron chi connectivity index (χ4n) is 2.13. The summed E-state index contributed by atoms with van der Waals surface area (Å²) >= 11 is 4.97. The van der Waals surface area contributed by atoms with E-state index in [1.54, 1.807) is 11.8 Å². The molecule has 0 unspecified atom stereocenters. The lowest BCUT2D eigenvalue weighted by atomic mass is 9.98. The van der Waals surface area contributed by atoms with Crippen LogP contribution in [0.25, 0.3) is 0 Å². The molecule has 0 aliphatic carbocycles. The largest absolute Gasteiger partial charge is 0.396 e. The van der Waals surface area contributed by atoms with Crippen molar-refractivity contribution in [3.8, 4) is 0 Å². The molecule has 1 aliphatic heterocycles. The van der Waals surface area contributed by atoms with Gasteiger partial charge in [-0.3, -0.25) is 4.79 Å². The first-order valence-electron chi connectivity index (χ1n) is 6.46. The molecule has 0 spiro atoms. The van der Waals surface area contributed by atoms with Gasteiger partial charge in [-0.15, -0.1) is 11.8 Å². The van der Waals surface area contributed by atoms with Gasteiger partial charge in [-0.05, 0) is 43.0 Å². The summed E-state index contributed by atoms with van der Waals surface area (Å²) in [4.78, 5) is 15.1. The van der Waals surface area contributed by atoms with E-state index in [0.29, 0.717) is 11.7 Å². The van der Waals surface area contributed by atoms with Gasteiger partial charge in [0.25, 0.3) is 0 Å². The first-order chi connectivity index (χ1) is 9.19. The van der Waals surface area contributed by atoms with Crippen molar-refractivity contribution in [2.24, 2.45) is 5.92 Å². The number of carbonyl (C=O) groups is 1. The molecule has 1 heterocycles. The molecule has 1 aromatic rings. The number of nitrogens with zero attached hydrogens (tertiary/aromatic N) is 1. The molecule has 19 heavy (non-hydrogen) atoms. The van der Waals surface area contributed by atoms with Crippen LogP contribution in [0.5, 0.6) is 0 Å². The van der Waals surface area contributed by atoms with Gasteiger partial charge in [0.15, 0.2) is 0 Å². The van der Waals surface area contributed by atoms with Gasteiger partial charge in [-0.2, -0.15) is 0 Å². The third kappa shape index (κ3) is 4.51. The molecule has 1 aromatic carbocycles. The SMILES string of the molecule is O=C(CSc1ccc(Br)cc1)N1CCC(CO)CC1. The number of likely N-dealkylation sites (tertiary alicyclic amines) is 1. The van der Waals surface area contributed by atoms with Crippen molar-refractivity contribution in [1.82, 2.24) is 4.90 Å². The molecule has 0 radical (unpaired) electrons. The number of amides is 1. The molecule has 0 bridgehead atoms. The van der Waals surface area contributed by atoms with Crippen LogP contribution in [0, 0.1) is 5.92 Å². The fourth-order valence-corrected chi connectivity index (χ4v) is 3.20. The molecule has 104 valence electrons. The van der Waals surface area contributed by atoms with Crippen molar-refractivity contribution in [1.29, 1.82) is 0 Å². The van der Waals surface area contributed by atoms with E-state index in [4.69, 9.17) is 5.11 Å². The van der Waals surface area contributed by atoms with Crippen molar-refractivity contribution in [2.45, 2.75) is 17.7 Å². The zero-order valence-corrected chi connectivity index (χ0v) is 13.1. The van der Waals surface area contributed by atoms with Crippen LogP contribution < -0.4 is 0 Å². The van der Waals surface area contributed by atoms with Crippen molar-refractivity contribution in [3.05, 3.63) is 28.7 Å². The van der Waals surface area contributed by atoms with Gasteiger partial charge in [-0.25, -0.2) is 0 Å². The third-order valence-electron chi connectivity index (χ3n) is 3.40. The number of hydrogen-bond donors (Lipinski definition) is 1. The summed E-state index contributed by atoms with van der Waals surface area (Å²) in [6, 6.07) is 8.00. The predicted octanol–water partition coefficient (Wildman–Crippen LogP) is 2.77. The van der Waals surface area contributed by atoms with Crippen molar-refractivity contribution >= 4 is 33.6 Å². The Bertz CT molecular complexity index is 416. The summed E-state index contributed by atoms with van der Waals surface area (Å²) in [5, 5.41) is 9.08. The Kier molecular flexibility index (Phi) is 5.73. The lowest BCUT2D eigenvalue weighted by Crippen LogP contribution is -2.40. The molecule has 5 heteroatoms. The Morgan fingerprint density at radius 3 is 2.53 bits per heavy atom. The zero-order valence-electron chi connectivity index (χ0n) is 10.7. The molecule has 0 atom stereocenters. The van der Waals surface area contributed by atoms with Crippen LogP contribution in [0.1, 0.15) is 12.8 Å². The summed E-state index contributed by atoms with van der Waals surface area (Å²) in [6.07, 6.45) is 1.84. The third-order valence-corrected chi connectivity index (χ3v) is 4.93. The molecular weight excluding hydrogens is 326 g/mol. The average Bonchev–Trinajstić information content (AvgIpc) is 2.46. The van der Waals surface area contributed by atoms with Crippen LogP contribution in [-0.2, 0) is 4.79 Å². The second-order valence-electron chi connectivity index (χ2n) is 4.75. The second-order valence-corrected chi connectivity index (χ2v) is 6.71. The van der Waals surface area contributed by atoms with Gasteiger partial charge < -0.3 is 10.0 Å². The summed E-state index contributed by atoms with van der Waals surface area (Å²) < 4.78 is 1.05.